The first-order valence-corrected chi connectivity index (χ1v) is 5.79. The SMILES string of the molecule is [N-]=[N+]=NCC1=C(C(=O)O)N2C(=O)C(N)C2SC1. The van der Waals surface area contributed by atoms with E-state index in [9.17, 15) is 9.59 Å². The van der Waals surface area contributed by atoms with E-state index in [0.29, 0.717) is 11.3 Å². The van der Waals surface area contributed by atoms with Crippen LogP contribution in [0.1, 0.15) is 0 Å². The van der Waals surface area contributed by atoms with Crippen molar-refractivity contribution in [3.05, 3.63) is 21.7 Å². The van der Waals surface area contributed by atoms with Crippen molar-refractivity contribution in [2.75, 3.05) is 12.3 Å². The fourth-order valence-corrected chi connectivity index (χ4v) is 3.10. The Morgan fingerprint density at radius 3 is 3.06 bits per heavy atom. The molecule has 1 fully saturated rings. The first-order chi connectivity index (χ1) is 8.07. The summed E-state index contributed by atoms with van der Waals surface area (Å²) in [5.74, 6) is -1.19. The molecule has 2 unspecified atom stereocenters. The summed E-state index contributed by atoms with van der Waals surface area (Å²) in [7, 11) is 0. The van der Waals surface area contributed by atoms with E-state index in [1.165, 1.54) is 16.7 Å². The van der Waals surface area contributed by atoms with Gasteiger partial charge >= 0.3 is 5.97 Å². The van der Waals surface area contributed by atoms with Crippen molar-refractivity contribution in [3.63, 3.8) is 0 Å². The number of carbonyl (C=O) groups excluding carboxylic acids is 1. The number of fused-ring (bicyclic) bond motifs is 1. The summed E-state index contributed by atoms with van der Waals surface area (Å²) in [4.78, 5) is 26.4. The molecule has 0 radical (unpaired) electrons. The van der Waals surface area contributed by atoms with E-state index < -0.39 is 17.9 Å². The van der Waals surface area contributed by atoms with Gasteiger partial charge in [0.05, 0.1) is 6.54 Å². The second-order valence-corrected chi connectivity index (χ2v) is 4.69. The Morgan fingerprint density at radius 2 is 2.47 bits per heavy atom. The Morgan fingerprint density at radius 1 is 1.76 bits per heavy atom. The van der Waals surface area contributed by atoms with Gasteiger partial charge in [0.15, 0.2) is 0 Å². The van der Waals surface area contributed by atoms with Gasteiger partial charge in [0.25, 0.3) is 0 Å². The van der Waals surface area contributed by atoms with Gasteiger partial charge in [-0.05, 0) is 11.1 Å². The lowest BCUT2D eigenvalue weighted by Crippen LogP contribution is -2.68. The molecule has 1 amide bonds. The topological polar surface area (TPSA) is 132 Å². The number of β-lactam (4-membered cyclic amide) rings is 1. The number of amides is 1. The van der Waals surface area contributed by atoms with Gasteiger partial charge in [-0.1, -0.05) is 5.11 Å². The molecule has 90 valence electrons. The third kappa shape index (κ3) is 1.74. The van der Waals surface area contributed by atoms with Crippen molar-refractivity contribution >= 4 is 23.6 Å². The number of aliphatic carboxylic acids is 1. The normalized spacial score (nSPS) is 27.1. The zero-order valence-corrected chi connectivity index (χ0v) is 9.42. The lowest BCUT2D eigenvalue weighted by Gasteiger charge is -2.47. The van der Waals surface area contributed by atoms with Crippen molar-refractivity contribution in [1.82, 2.24) is 4.90 Å². The third-order valence-electron chi connectivity index (χ3n) is 2.62. The monoisotopic (exact) mass is 255 g/mol. The third-order valence-corrected chi connectivity index (χ3v) is 3.98. The number of thioether (sulfide) groups is 1. The summed E-state index contributed by atoms with van der Waals surface area (Å²) >= 11 is 1.38. The van der Waals surface area contributed by atoms with Gasteiger partial charge in [-0.25, -0.2) is 4.79 Å². The highest BCUT2D eigenvalue weighted by molar-refractivity contribution is 8.00. The molecule has 3 N–H and O–H groups in total. The average Bonchev–Trinajstić information content (AvgIpc) is 2.33. The van der Waals surface area contributed by atoms with Crippen LogP contribution >= 0.6 is 11.8 Å². The maximum Gasteiger partial charge on any atom is 0.352 e. The lowest BCUT2D eigenvalue weighted by atomic mass is 10.0. The Kier molecular flexibility index (Phi) is 2.97. The van der Waals surface area contributed by atoms with Gasteiger partial charge in [-0.3, -0.25) is 9.69 Å². The molecular weight excluding hydrogens is 246 g/mol. The summed E-state index contributed by atoms with van der Waals surface area (Å²) in [6.07, 6.45) is 0. The van der Waals surface area contributed by atoms with Crippen molar-refractivity contribution in [2.24, 2.45) is 10.8 Å². The number of nitrogens with zero attached hydrogens (tertiary/aromatic N) is 4. The molecule has 2 aliphatic rings. The molecule has 0 saturated carbocycles. The molecule has 2 rings (SSSR count). The quantitative estimate of drug-likeness (QED) is 0.314. The molecule has 9 heteroatoms. The van der Waals surface area contributed by atoms with Gasteiger partial charge in [-0.2, -0.15) is 0 Å². The molecule has 0 aromatic heterocycles. The standard InChI is InChI=1S/C8H9N5O3S/c9-4-6(14)13-5(8(15)16)3(1-11-12-10)2-17-7(4)13/h4,7H,1-2,9H2,(H,15,16). The molecule has 0 aromatic carbocycles. The van der Waals surface area contributed by atoms with Crippen LogP contribution in [0, 0.1) is 0 Å². The van der Waals surface area contributed by atoms with E-state index in [0.717, 1.165) is 0 Å². The predicted molar refractivity (Wildman–Crippen MR) is 59.7 cm³/mol. The average molecular weight is 255 g/mol. The van der Waals surface area contributed by atoms with Crippen LogP contribution in [0.25, 0.3) is 10.4 Å². The largest absolute Gasteiger partial charge is 0.477 e. The van der Waals surface area contributed by atoms with E-state index in [-0.39, 0.29) is 17.6 Å². The summed E-state index contributed by atoms with van der Waals surface area (Å²) in [6.45, 7) is -0.0448. The molecule has 8 nitrogen and oxygen atoms in total. The van der Waals surface area contributed by atoms with Gasteiger partial charge in [-0.15, -0.1) is 11.8 Å². The highest BCUT2D eigenvalue weighted by atomic mass is 32.2. The number of hydrogen-bond acceptors (Lipinski definition) is 5. The number of carbonyl (C=O) groups is 2. The van der Waals surface area contributed by atoms with Crippen LogP contribution in [0.2, 0.25) is 0 Å². The van der Waals surface area contributed by atoms with Gasteiger partial charge < -0.3 is 10.8 Å². The Labute approximate surface area is 100 Å². The van der Waals surface area contributed by atoms with E-state index in [1.807, 2.05) is 0 Å². The fourth-order valence-electron chi connectivity index (χ4n) is 1.82. The summed E-state index contributed by atoms with van der Waals surface area (Å²) in [5, 5.41) is 12.1. The minimum atomic E-state index is -1.20. The van der Waals surface area contributed by atoms with Gasteiger partial charge in [0, 0.05) is 10.7 Å². The molecule has 17 heavy (non-hydrogen) atoms. The van der Waals surface area contributed by atoms with Crippen LogP contribution in [-0.2, 0) is 9.59 Å². The lowest BCUT2D eigenvalue weighted by molar-refractivity contribution is -0.147. The number of hydrogen-bond donors (Lipinski definition) is 2. The molecule has 1 saturated heterocycles. The summed E-state index contributed by atoms with van der Waals surface area (Å²) < 4.78 is 0. The molecule has 0 aromatic rings. The molecule has 0 bridgehead atoms. The van der Waals surface area contributed by atoms with Crippen LogP contribution < -0.4 is 5.73 Å². The second-order valence-electron chi connectivity index (χ2n) is 3.58. The van der Waals surface area contributed by atoms with E-state index in [4.69, 9.17) is 16.4 Å². The molecule has 0 aliphatic carbocycles. The minimum absolute atomic E-state index is 0.0448. The van der Waals surface area contributed by atoms with Crippen LogP contribution in [-0.4, -0.2) is 45.6 Å². The van der Waals surface area contributed by atoms with E-state index in [1.54, 1.807) is 0 Å². The number of carboxylic acid groups (broad SMARTS) is 1. The molecule has 2 atom stereocenters. The van der Waals surface area contributed by atoms with Crippen LogP contribution in [0.4, 0.5) is 0 Å². The smallest absolute Gasteiger partial charge is 0.352 e. The number of nitrogens with two attached hydrogens (primary N) is 1. The summed E-state index contributed by atoms with van der Waals surface area (Å²) in [5.41, 5.74) is 14.2. The number of azide groups is 1. The number of rotatable bonds is 3. The first kappa shape index (κ1) is 11.8. The molecule has 2 aliphatic heterocycles. The molecular formula is C8H9N5O3S. The van der Waals surface area contributed by atoms with Crippen LogP contribution in [0.5, 0.6) is 0 Å². The second kappa shape index (κ2) is 4.28. The number of carboxylic acids is 1. The minimum Gasteiger partial charge on any atom is -0.477 e. The Bertz CT molecular complexity index is 470. The highest BCUT2D eigenvalue weighted by Crippen LogP contribution is 2.39. The van der Waals surface area contributed by atoms with Gasteiger partial charge in [0.2, 0.25) is 5.91 Å². The Balaban J connectivity index is 2.36. The maximum atomic E-state index is 11.5. The van der Waals surface area contributed by atoms with Crippen molar-refractivity contribution in [1.29, 1.82) is 0 Å². The zero-order valence-electron chi connectivity index (χ0n) is 8.61. The molecule has 0 spiro atoms. The predicted octanol–water partition coefficient (Wildman–Crippen LogP) is -0.122. The van der Waals surface area contributed by atoms with Gasteiger partial charge in [0.1, 0.15) is 17.1 Å². The van der Waals surface area contributed by atoms with Crippen molar-refractivity contribution in [3.8, 4) is 0 Å². The van der Waals surface area contributed by atoms with Crippen LogP contribution in [0.15, 0.2) is 16.4 Å². The summed E-state index contributed by atoms with van der Waals surface area (Å²) in [6, 6.07) is -0.643. The first-order valence-electron chi connectivity index (χ1n) is 4.74. The molecule has 2 heterocycles. The van der Waals surface area contributed by atoms with E-state index in [2.05, 4.69) is 10.0 Å². The van der Waals surface area contributed by atoms with Crippen molar-refractivity contribution in [2.45, 2.75) is 11.4 Å². The van der Waals surface area contributed by atoms with Crippen LogP contribution in [0.3, 0.4) is 0 Å². The van der Waals surface area contributed by atoms with E-state index >= 15 is 0 Å². The van der Waals surface area contributed by atoms with Crippen molar-refractivity contribution < 1.29 is 14.7 Å². The zero-order chi connectivity index (χ0) is 12.6. The Hall–Kier alpha value is -1.70. The fraction of sp³-hybridized carbons (Fsp3) is 0.500. The highest BCUT2D eigenvalue weighted by Gasteiger charge is 2.51. The maximum absolute atomic E-state index is 11.5.